The van der Waals surface area contributed by atoms with Gasteiger partial charge in [-0.1, -0.05) is 45.9 Å². The van der Waals surface area contributed by atoms with Crippen LogP contribution in [-0.2, 0) is 5.41 Å². The molecule has 2 heteroatoms. The molecule has 1 heterocycles. The Hall–Kier alpha value is -0.860. The number of aryl methyl sites for hydroxylation is 1. The second-order valence-corrected chi connectivity index (χ2v) is 7.94. The first-order chi connectivity index (χ1) is 10.4. The fourth-order valence-electron chi connectivity index (χ4n) is 3.75. The zero-order valence-corrected chi connectivity index (χ0v) is 15.2. The maximum atomic E-state index is 6.22. The van der Waals surface area contributed by atoms with Crippen LogP contribution in [0.3, 0.4) is 0 Å². The van der Waals surface area contributed by atoms with Crippen LogP contribution in [0.15, 0.2) is 18.2 Å². The first kappa shape index (κ1) is 17.5. The van der Waals surface area contributed by atoms with Gasteiger partial charge in [-0.15, -0.1) is 0 Å². The van der Waals surface area contributed by atoms with Gasteiger partial charge in [0.25, 0.3) is 0 Å². The lowest BCUT2D eigenvalue weighted by atomic mass is 9.76. The number of hydrogen-bond donors (Lipinski definition) is 1. The van der Waals surface area contributed by atoms with Crippen LogP contribution in [0.25, 0.3) is 0 Å². The lowest BCUT2D eigenvalue weighted by Crippen LogP contribution is -2.37. The van der Waals surface area contributed by atoms with Gasteiger partial charge in [-0.3, -0.25) is 0 Å². The summed E-state index contributed by atoms with van der Waals surface area (Å²) < 4.78 is 0. The summed E-state index contributed by atoms with van der Waals surface area (Å²) in [5.74, 6) is 1.25. The lowest BCUT2D eigenvalue weighted by Gasteiger charge is -2.36. The van der Waals surface area contributed by atoms with Crippen LogP contribution >= 0.6 is 0 Å². The van der Waals surface area contributed by atoms with Gasteiger partial charge in [-0.05, 0) is 79.9 Å². The number of rotatable bonds is 4. The van der Waals surface area contributed by atoms with Gasteiger partial charge in [0, 0.05) is 0 Å². The monoisotopic (exact) mass is 302 g/mol. The molecule has 0 spiro atoms. The highest BCUT2D eigenvalue weighted by Gasteiger charge is 2.28. The number of nitrogens with zero attached hydrogens (tertiary/aromatic N) is 1. The van der Waals surface area contributed by atoms with Crippen molar-refractivity contribution < 1.29 is 0 Å². The third kappa shape index (κ3) is 3.91. The molecule has 1 atom stereocenters. The molecule has 0 radical (unpaired) electrons. The van der Waals surface area contributed by atoms with Gasteiger partial charge in [0.05, 0.1) is 0 Å². The quantitative estimate of drug-likeness (QED) is 0.908. The van der Waals surface area contributed by atoms with Crippen molar-refractivity contribution in [1.82, 2.24) is 4.90 Å². The number of likely N-dealkylation sites (tertiary alicyclic amines) is 1. The predicted molar refractivity (Wildman–Crippen MR) is 96.5 cm³/mol. The molecule has 0 bridgehead atoms. The average Bonchev–Trinajstić information content (AvgIpc) is 2.49. The van der Waals surface area contributed by atoms with Crippen molar-refractivity contribution >= 4 is 0 Å². The Morgan fingerprint density at radius 2 is 1.86 bits per heavy atom. The highest BCUT2D eigenvalue weighted by Crippen LogP contribution is 2.35. The van der Waals surface area contributed by atoms with E-state index in [-0.39, 0.29) is 5.41 Å². The third-order valence-electron chi connectivity index (χ3n) is 5.45. The topological polar surface area (TPSA) is 29.3 Å². The first-order valence-electron chi connectivity index (χ1n) is 8.90. The lowest BCUT2D eigenvalue weighted by molar-refractivity contribution is 0.176. The summed E-state index contributed by atoms with van der Waals surface area (Å²) in [4.78, 5) is 2.56. The molecule has 1 aliphatic heterocycles. The molecule has 1 aromatic rings. The number of piperidine rings is 1. The molecule has 0 aliphatic carbocycles. The van der Waals surface area contributed by atoms with Crippen LogP contribution in [0.4, 0.5) is 0 Å². The minimum absolute atomic E-state index is 0.202. The molecule has 2 rings (SSSR count). The van der Waals surface area contributed by atoms with Gasteiger partial charge < -0.3 is 10.6 Å². The molecular formula is C20H34N2. The van der Waals surface area contributed by atoms with E-state index >= 15 is 0 Å². The Morgan fingerprint density at radius 1 is 1.23 bits per heavy atom. The molecule has 22 heavy (non-hydrogen) atoms. The van der Waals surface area contributed by atoms with Crippen molar-refractivity contribution in [2.45, 2.75) is 58.8 Å². The van der Waals surface area contributed by atoms with Crippen LogP contribution in [0, 0.1) is 12.8 Å². The van der Waals surface area contributed by atoms with E-state index in [1.54, 1.807) is 0 Å². The van der Waals surface area contributed by atoms with Crippen molar-refractivity contribution in [3.05, 3.63) is 34.9 Å². The zero-order chi connectivity index (χ0) is 16.3. The van der Waals surface area contributed by atoms with Crippen LogP contribution in [0.1, 0.15) is 63.1 Å². The highest BCUT2D eigenvalue weighted by molar-refractivity contribution is 5.37. The summed E-state index contributed by atoms with van der Waals surface area (Å²) in [7, 11) is 0. The molecule has 0 amide bonds. The summed E-state index contributed by atoms with van der Waals surface area (Å²) >= 11 is 0. The van der Waals surface area contributed by atoms with Gasteiger partial charge in [0.1, 0.15) is 0 Å². The molecule has 2 N–H and O–H groups in total. The summed E-state index contributed by atoms with van der Waals surface area (Å²) in [6.07, 6.45) is 2.57. The summed E-state index contributed by atoms with van der Waals surface area (Å²) in [6, 6.07) is 7.00. The van der Waals surface area contributed by atoms with Crippen molar-refractivity contribution in [2.75, 3.05) is 26.2 Å². The third-order valence-corrected chi connectivity index (χ3v) is 5.45. The zero-order valence-electron chi connectivity index (χ0n) is 15.2. The van der Waals surface area contributed by atoms with Crippen molar-refractivity contribution in [1.29, 1.82) is 0 Å². The van der Waals surface area contributed by atoms with Crippen molar-refractivity contribution in [3.63, 3.8) is 0 Å². The molecule has 2 nitrogen and oxygen atoms in total. The van der Waals surface area contributed by atoms with Gasteiger partial charge in [0.2, 0.25) is 0 Å². The van der Waals surface area contributed by atoms with Crippen molar-refractivity contribution in [2.24, 2.45) is 11.7 Å². The van der Waals surface area contributed by atoms with Crippen LogP contribution in [0.2, 0.25) is 0 Å². The largest absolute Gasteiger partial charge is 0.330 e. The molecule has 1 aromatic carbocycles. The Kier molecular flexibility index (Phi) is 5.68. The van der Waals surface area contributed by atoms with E-state index in [4.69, 9.17) is 5.73 Å². The van der Waals surface area contributed by atoms with E-state index < -0.39 is 0 Å². The minimum atomic E-state index is 0.202. The molecule has 124 valence electrons. The highest BCUT2D eigenvalue weighted by atomic mass is 15.1. The standard InChI is InChI=1S/C20H34N2/c1-6-22-11-9-16(10-12-22)19(14-21)18-13-17(20(3,4)5)8-7-15(18)2/h7-8,13,16,19H,6,9-12,14,21H2,1-5H3. The fourth-order valence-corrected chi connectivity index (χ4v) is 3.75. The predicted octanol–water partition coefficient (Wildman–Crippen LogP) is 4.07. The first-order valence-corrected chi connectivity index (χ1v) is 8.90. The SMILES string of the molecule is CCN1CCC(C(CN)c2cc(C(C)(C)C)ccc2C)CC1. The summed E-state index contributed by atoms with van der Waals surface area (Å²) in [5, 5.41) is 0. The summed E-state index contributed by atoms with van der Waals surface area (Å²) in [5.41, 5.74) is 10.7. The van der Waals surface area contributed by atoms with E-state index in [9.17, 15) is 0 Å². The summed E-state index contributed by atoms with van der Waals surface area (Å²) in [6.45, 7) is 15.8. The van der Waals surface area contributed by atoms with E-state index in [0.29, 0.717) is 5.92 Å². The Balaban J connectivity index is 2.24. The second kappa shape index (κ2) is 7.14. The van der Waals surface area contributed by atoms with E-state index in [1.165, 1.54) is 49.2 Å². The van der Waals surface area contributed by atoms with E-state index in [0.717, 1.165) is 12.5 Å². The molecule has 0 aromatic heterocycles. The Morgan fingerprint density at radius 3 is 2.36 bits per heavy atom. The minimum Gasteiger partial charge on any atom is -0.330 e. The van der Waals surface area contributed by atoms with E-state index in [2.05, 4.69) is 57.7 Å². The normalized spacial score (nSPS) is 19.4. The van der Waals surface area contributed by atoms with Gasteiger partial charge in [-0.2, -0.15) is 0 Å². The Bertz CT molecular complexity index is 479. The van der Waals surface area contributed by atoms with E-state index in [1.807, 2.05) is 0 Å². The molecule has 1 unspecified atom stereocenters. The van der Waals surface area contributed by atoms with Crippen molar-refractivity contribution in [3.8, 4) is 0 Å². The molecule has 0 saturated carbocycles. The number of hydrogen-bond acceptors (Lipinski definition) is 2. The fraction of sp³-hybridized carbons (Fsp3) is 0.700. The maximum Gasteiger partial charge on any atom is -0.000545 e. The maximum absolute atomic E-state index is 6.22. The molecular weight excluding hydrogens is 268 g/mol. The average molecular weight is 303 g/mol. The smallest absolute Gasteiger partial charge is 0.000545 e. The number of benzene rings is 1. The van der Waals surface area contributed by atoms with Crippen LogP contribution in [-0.4, -0.2) is 31.1 Å². The van der Waals surface area contributed by atoms with Crippen LogP contribution in [0.5, 0.6) is 0 Å². The second-order valence-electron chi connectivity index (χ2n) is 7.94. The van der Waals surface area contributed by atoms with Crippen LogP contribution < -0.4 is 5.73 Å². The van der Waals surface area contributed by atoms with Gasteiger partial charge in [0.15, 0.2) is 0 Å². The number of nitrogens with two attached hydrogens (primary N) is 1. The van der Waals surface area contributed by atoms with Gasteiger partial charge >= 0.3 is 0 Å². The molecule has 1 saturated heterocycles. The molecule has 1 aliphatic rings. The Labute approximate surface area is 137 Å². The van der Waals surface area contributed by atoms with Gasteiger partial charge in [-0.25, -0.2) is 0 Å². The molecule has 1 fully saturated rings.